The maximum atomic E-state index is 5.30. The van der Waals surface area contributed by atoms with Crippen LogP contribution in [0.1, 0.15) is 30.4 Å². The van der Waals surface area contributed by atoms with Gasteiger partial charge < -0.3 is 9.64 Å². The van der Waals surface area contributed by atoms with Gasteiger partial charge in [0.25, 0.3) is 0 Å². The molecule has 1 aromatic carbocycles. The molecule has 1 atom stereocenters. The van der Waals surface area contributed by atoms with Gasteiger partial charge in [-0.3, -0.25) is 0 Å². The van der Waals surface area contributed by atoms with Crippen molar-refractivity contribution in [2.45, 2.75) is 38.1 Å². The number of hydrogen-bond donors (Lipinski definition) is 0. The minimum absolute atomic E-state index is 0.790. The number of likely N-dealkylation sites (tertiary alicyclic amines) is 1. The van der Waals surface area contributed by atoms with Crippen molar-refractivity contribution in [2.24, 2.45) is 0 Å². The summed E-state index contributed by atoms with van der Waals surface area (Å²) < 4.78 is 5.30. The first-order valence-electron chi connectivity index (χ1n) is 6.76. The third-order valence-corrected chi connectivity index (χ3v) is 4.27. The number of methoxy groups -OCH3 is 1. The van der Waals surface area contributed by atoms with Crippen LogP contribution in [0.2, 0.25) is 0 Å². The zero-order chi connectivity index (χ0) is 11.7. The van der Waals surface area contributed by atoms with Crippen molar-refractivity contribution < 1.29 is 4.74 Å². The Morgan fingerprint density at radius 2 is 2.00 bits per heavy atom. The fraction of sp³-hybridized carbons (Fsp3) is 0.600. The summed E-state index contributed by atoms with van der Waals surface area (Å²) >= 11 is 0. The average Bonchev–Trinajstić information content (AvgIpc) is 2.91. The number of rotatable bonds is 2. The number of aryl methyl sites for hydroxylation is 1. The Hall–Kier alpha value is -1.02. The number of fused-ring (bicyclic) bond motifs is 1. The average molecular weight is 231 g/mol. The number of ether oxygens (including phenoxy) is 1. The SMILES string of the molecule is COc1ccc2c(c1)CCC(N1CCCC1)C2. The normalized spacial score (nSPS) is 24.6. The predicted molar refractivity (Wildman–Crippen MR) is 69.6 cm³/mol. The zero-order valence-electron chi connectivity index (χ0n) is 10.6. The van der Waals surface area contributed by atoms with Crippen LogP contribution in [0.25, 0.3) is 0 Å². The second-order valence-corrected chi connectivity index (χ2v) is 5.27. The van der Waals surface area contributed by atoms with Gasteiger partial charge in [-0.25, -0.2) is 0 Å². The molecule has 17 heavy (non-hydrogen) atoms. The minimum Gasteiger partial charge on any atom is -0.497 e. The molecule has 0 amide bonds. The molecule has 0 spiro atoms. The summed E-state index contributed by atoms with van der Waals surface area (Å²) in [5, 5.41) is 0. The van der Waals surface area contributed by atoms with Crippen LogP contribution in [0.15, 0.2) is 18.2 Å². The lowest BCUT2D eigenvalue weighted by atomic mass is 9.87. The van der Waals surface area contributed by atoms with Gasteiger partial charge in [-0.15, -0.1) is 0 Å². The van der Waals surface area contributed by atoms with E-state index in [1.165, 1.54) is 56.3 Å². The number of hydrogen-bond acceptors (Lipinski definition) is 2. The quantitative estimate of drug-likeness (QED) is 0.776. The van der Waals surface area contributed by atoms with Crippen LogP contribution in [-0.2, 0) is 12.8 Å². The van der Waals surface area contributed by atoms with Gasteiger partial charge in [0.1, 0.15) is 5.75 Å². The standard InChI is InChI=1S/C15H21NO/c1-17-15-7-5-12-10-14(6-4-13(12)11-15)16-8-2-3-9-16/h5,7,11,14H,2-4,6,8-10H2,1H3. The smallest absolute Gasteiger partial charge is 0.119 e. The highest BCUT2D eigenvalue weighted by atomic mass is 16.5. The Balaban J connectivity index is 1.76. The summed E-state index contributed by atoms with van der Waals surface area (Å²) in [7, 11) is 1.75. The molecule has 2 aliphatic rings. The van der Waals surface area contributed by atoms with Crippen molar-refractivity contribution >= 4 is 0 Å². The van der Waals surface area contributed by atoms with Gasteiger partial charge >= 0.3 is 0 Å². The molecule has 2 heteroatoms. The van der Waals surface area contributed by atoms with Gasteiger partial charge in [0.15, 0.2) is 0 Å². The lowest BCUT2D eigenvalue weighted by Crippen LogP contribution is -2.37. The molecule has 1 aliphatic carbocycles. The molecule has 1 saturated heterocycles. The first-order valence-corrected chi connectivity index (χ1v) is 6.76. The number of benzene rings is 1. The van der Waals surface area contributed by atoms with E-state index in [1.807, 2.05) is 0 Å². The van der Waals surface area contributed by atoms with E-state index in [9.17, 15) is 0 Å². The van der Waals surface area contributed by atoms with Crippen molar-refractivity contribution in [3.63, 3.8) is 0 Å². The third kappa shape index (κ3) is 2.19. The number of nitrogens with zero attached hydrogens (tertiary/aromatic N) is 1. The fourth-order valence-corrected chi connectivity index (χ4v) is 3.26. The van der Waals surface area contributed by atoms with Crippen LogP contribution >= 0.6 is 0 Å². The molecular formula is C15H21NO. The molecule has 3 rings (SSSR count). The second-order valence-electron chi connectivity index (χ2n) is 5.27. The summed E-state index contributed by atoms with van der Waals surface area (Å²) in [5.74, 6) is 1.00. The van der Waals surface area contributed by atoms with Gasteiger partial charge in [0, 0.05) is 6.04 Å². The first-order chi connectivity index (χ1) is 8.36. The predicted octanol–water partition coefficient (Wildman–Crippen LogP) is 2.65. The van der Waals surface area contributed by atoms with E-state index in [4.69, 9.17) is 4.74 Å². The molecule has 92 valence electrons. The lowest BCUT2D eigenvalue weighted by Gasteiger charge is -2.32. The molecule has 1 aliphatic heterocycles. The van der Waals surface area contributed by atoms with Gasteiger partial charge in [0.2, 0.25) is 0 Å². The van der Waals surface area contributed by atoms with Crippen LogP contribution in [0.4, 0.5) is 0 Å². The molecule has 1 fully saturated rings. The van der Waals surface area contributed by atoms with Crippen LogP contribution in [0, 0.1) is 0 Å². The first kappa shape index (κ1) is 11.1. The molecule has 1 aromatic rings. The van der Waals surface area contributed by atoms with Gasteiger partial charge in [-0.05, 0) is 68.5 Å². The summed E-state index contributed by atoms with van der Waals surface area (Å²) in [6, 6.07) is 7.37. The minimum atomic E-state index is 0.790. The highest BCUT2D eigenvalue weighted by Crippen LogP contribution is 2.29. The van der Waals surface area contributed by atoms with E-state index in [1.54, 1.807) is 7.11 Å². The largest absolute Gasteiger partial charge is 0.497 e. The second kappa shape index (κ2) is 4.69. The van der Waals surface area contributed by atoms with E-state index in [0.29, 0.717) is 0 Å². The molecule has 1 unspecified atom stereocenters. The Morgan fingerprint density at radius 1 is 1.18 bits per heavy atom. The Kier molecular flexibility index (Phi) is 3.06. The zero-order valence-corrected chi connectivity index (χ0v) is 10.6. The van der Waals surface area contributed by atoms with E-state index in [0.717, 1.165) is 11.8 Å². The van der Waals surface area contributed by atoms with Crippen molar-refractivity contribution in [1.29, 1.82) is 0 Å². The molecule has 0 N–H and O–H groups in total. The maximum absolute atomic E-state index is 5.30. The molecule has 0 aromatic heterocycles. The highest BCUT2D eigenvalue weighted by Gasteiger charge is 2.26. The maximum Gasteiger partial charge on any atom is 0.119 e. The van der Waals surface area contributed by atoms with Crippen LogP contribution in [-0.4, -0.2) is 31.1 Å². The molecule has 0 bridgehead atoms. The van der Waals surface area contributed by atoms with Crippen molar-refractivity contribution in [1.82, 2.24) is 4.90 Å². The molecule has 2 nitrogen and oxygen atoms in total. The lowest BCUT2D eigenvalue weighted by molar-refractivity contribution is 0.222. The highest BCUT2D eigenvalue weighted by molar-refractivity contribution is 5.37. The summed E-state index contributed by atoms with van der Waals surface area (Å²) in [4.78, 5) is 2.69. The fourth-order valence-electron chi connectivity index (χ4n) is 3.26. The summed E-state index contributed by atoms with van der Waals surface area (Å²) in [6.07, 6.45) is 6.56. The molecule has 0 saturated carbocycles. The van der Waals surface area contributed by atoms with Crippen molar-refractivity contribution in [2.75, 3.05) is 20.2 Å². The van der Waals surface area contributed by atoms with E-state index in [-0.39, 0.29) is 0 Å². The van der Waals surface area contributed by atoms with Crippen molar-refractivity contribution in [3.8, 4) is 5.75 Å². The van der Waals surface area contributed by atoms with Crippen molar-refractivity contribution in [3.05, 3.63) is 29.3 Å². The summed E-state index contributed by atoms with van der Waals surface area (Å²) in [5.41, 5.74) is 3.04. The van der Waals surface area contributed by atoms with Gasteiger partial charge in [0.05, 0.1) is 7.11 Å². The molecule has 0 radical (unpaired) electrons. The molecule has 1 heterocycles. The van der Waals surface area contributed by atoms with E-state index < -0.39 is 0 Å². The third-order valence-electron chi connectivity index (χ3n) is 4.27. The van der Waals surface area contributed by atoms with Crippen LogP contribution < -0.4 is 4.74 Å². The molecular weight excluding hydrogens is 210 g/mol. The van der Waals surface area contributed by atoms with E-state index >= 15 is 0 Å². The summed E-state index contributed by atoms with van der Waals surface area (Å²) in [6.45, 7) is 2.63. The van der Waals surface area contributed by atoms with Gasteiger partial charge in [-0.1, -0.05) is 6.07 Å². The Labute approximate surface area is 104 Å². The Bertz CT molecular complexity index is 396. The van der Waals surface area contributed by atoms with Crippen LogP contribution in [0.3, 0.4) is 0 Å². The van der Waals surface area contributed by atoms with Gasteiger partial charge in [-0.2, -0.15) is 0 Å². The Morgan fingerprint density at radius 3 is 2.76 bits per heavy atom. The van der Waals surface area contributed by atoms with Crippen LogP contribution in [0.5, 0.6) is 5.75 Å². The topological polar surface area (TPSA) is 12.5 Å². The van der Waals surface area contributed by atoms with E-state index in [2.05, 4.69) is 23.1 Å². The monoisotopic (exact) mass is 231 g/mol.